The Morgan fingerprint density at radius 2 is 2.00 bits per heavy atom. The Balaban J connectivity index is 1.90. The van der Waals surface area contributed by atoms with Crippen molar-refractivity contribution in [3.05, 3.63) is 29.8 Å². The number of rotatable bonds is 1. The molecule has 2 heterocycles. The highest BCUT2D eigenvalue weighted by atomic mass is 16.5. The van der Waals surface area contributed by atoms with Crippen LogP contribution in [0.2, 0.25) is 0 Å². The number of hydrogen-bond donors (Lipinski definition) is 1. The van der Waals surface area contributed by atoms with E-state index in [1.165, 1.54) is 12.0 Å². The largest absolute Gasteiger partial charge is 0.493 e. The molecule has 2 aliphatic heterocycles. The lowest BCUT2D eigenvalue weighted by Gasteiger charge is -2.35. The fraction of sp³-hybridized carbons (Fsp3) is 0.609. The molecule has 2 amide bonds. The van der Waals surface area contributed by atoms with Crippen LogP contribution in [-0.4, -0.2) is 67.7 Å². The molecule has 0 spiro atoms. The van der Waals surface area contributed by atoms with Crippen LogP contribution in [0.4, 0.5) is 0 Å². The third-order valence-corrected chi connectivity index (χ3v) is 5.61. The summed E-state index contributed by atoms with van der Waals surface area (Å²) < 4.78 is 16.6. The second-order valence-electron chi connectivity index (χ2n) is 9.15. The molecule has 3 rings (SSSR count). The lowest BCUT2D eigenvalue weighted by molar-refractivity contribution is -0.153. The van der Waals surface area contributed by atoms with Gasteiger partial charge in [0.05, 0.1) is 32.8 Å². The van der Waals surface area contributed by atoms with Crippen molar-refractivity contribution in [1.29, 1.82) is 0 Å². The number of fused-ring (bicyclic) bond motifs is 4. The SMILES string of the molecule is COC(=O)[C@@H]1C[C@@H]2CN1C(=O)[C@H](C(C)(C)C)NC(=O)Cc1cccc(c1)OCCCO2. The molecule has 0 saturated carbocycles. The van der Waals surface area contributed by atoms with E-state index in [2.05, 4.69) is 5.32 Å². The van der Waals surface area contributed by atoms with Gasteiger partial charge in [0.25, 0.3) is 0 Å². The van der Waals surface area contributed by atoms with Crippen LogP contribution in [0.5, 0.6) is 5.75 Å². The fourth-order valence-corrected chi connectivity index (χ4v) is 3.98. The highest BCUT2D eigenvalue weighted by Gasteiger charge is 2.45. The molecule has 1 fully saturated rings. The molecule has 0 radical (unpaired) electrons. The van der Waals surface area contributed by atoms with Crippen LogP contribution in [0, 0.1) is 5.41 Å². The highest BCUT2D eigenvalue weighted by Crippen LogP contribution is 2.28. The topological polar surface area (TPSA) is 94.2 Å². The first-order chi connectivity index (χ1) is 14.7. The molecule has 170 valence electrons. The molecule has 0 aromatic heterocycles. The summed E-state index contributed by atoms with van der Waals surface area (Å²) in [5.41, 5.74) is 0.245. The Labute approximate surface area is 183 Å². The first-order valence-corrected chi connectivity index (χ1v) is 10.7. The van der Waals surface area contributed by atoms with Gasteiger partial charge in [-0.05, 0) is 23.1 Å². The number of carbonyl (C=O) groups excluding carboxylic acids is 3. The lowest BCUT2D eigenvalue weighted by Crippen LogP contribution is -2.57. The van der Waals surface area contributed by atoms with Gasteiger partial charge in [-0.1, -0.05) is 32.9 Å². The molecule has 1 saturated heterocycles. The maximum atomic E-state index is 13.5. The van der Waals surface area contributed by atoms with Crippen LogP contribution in [0.1, 0.15) is 39.2 Å². The summed E-state index contributed by atoms with van der Waals surface area (Å²) in [6, 6.07) is 5.86. The van der Waals surface area contributed by atoms with Crippen molar-refractivity contribution in [2.45, 2.75) is 58.2 Å². The van der Waals surface area contributed by atoms with Gasteiger partial charge < -0.3 is 24.4 Å². The zero-order valence-electron chi connectivity index (χ0n) is 18.7. The van der Waals surface area contributed by atoms with Gasteiger partial charge in [-0.2, -0.15) is 0 Å². The quantitative estimate of drug-likeness (QED) is 0.679. The van der Waals surface area contributed by atoms with Crippen molar-refractivity contribution in [2.24, 2.45) is 5.41 Å². The minimum absolute atomic E-state index is 0.128. The molecule has 8 nitrogen and oxygen atoms in total. The zero-order valence-corrected chi connectivity index (χ0v) is 18.7. The molecular weight excluding hydrogens is 400 g/mol. The van der Waals surface area contributed by atoms with Crippen LogP contribution in [0.3, 0.4) is 0 Å². The van der Waals surface area contributed by atoms with Crippen molar-refractivity contribution >= 4 is 17.8 Å². The van der Waals surface area contributed by atoms with Crippen molar-refractivity contribution < 1.29 is 28.6 Å². The second-order valence-corrected chi connectivity index (χ2v) is 9.15. The van der Waals surface area contributed by atoms with Gasteiger partial charge in [0.15, 0.2) is 0 Å². The molecule has 31 heavy (non-hydrogen) atoms. The van der Waals surface area contributed by atoms with Crippen LogP contribution in [-0.2, 0) is 30.3 Å². The monoisotopic (exact) mass is 432 g/mol. The van der Waals surface area contributed by atoms with Crippen molar-refractivity contribution in [1.82, 2.24) is 10.2 Å². The summed E-state index contributed by atoms with van der Waals surface area (Å²) >= 11 is 0. The maximum absolute atomic E-state index is 13.5. The molecule has 1 aromatic carbocycles. The molecule has 1 N–H and O–H groups in total. The molecule has 0 aliphatic carbocycles. The average molecular weight is 433 g/mol. The summed E-state index contributed by atoms with van der Waals surface area (Å²) in [5, 5.41) is 2.89. The van der Waals surface area contributed by atoms with Crippen LogP contribution >= 0.6 is 0 Å². The van der Waals surface area contributed by atoms with Crippen molar-refractivity contribution in [3.63, 3.8) is 0 Å². The van der Waals surface area contributed by atoms with Crippen LogP contribution in [0.15, 0.2) is 24.3 Å². The Morgan fingerprint density at radius 3 is 2.71 bits per heavy atom. The van der Waals surface area contributed by atoms with Crippen molar-refractivity contribution in [2.75, 3.05) is 26.9 Å². The van der Waals surface area contributed by atoms with Gasteiger partial charge in [0.2, 0.25) is 11.8 Å². The van der Waals surface area contributed by atoms with Gasteiger partial charge in [0, 0.05) is 19.4 Å². The Bertz CT molecular complexity index is 819. The summed E-state index contributed by atoms with van der Waals surface area (Å²) in [4.78, 5) is 40.2. The van der Waals surface area contributed by atoms with Gasteiger partial charge in [-0.25, -0.2) is 4.79 Å². The lowest BCUT2D eigenvalue weighted by atomic mass is 9.85. The second kappa shape index (κ2) is 9.68. The van der Waals surface area contributed by atoms with E-state index in [1.54, 1.807) is 0 Å². The maximum Gasteiger partial charge on any atom is 0.328 e. The first-order valence-electron chi connectivity index (χ1n) is 10.7. The molecule has 4 bridgehead atoms. The number of methoxy groups -OCH3 is 1. The number of nitrogens with zero attached hydrogens (tertiary/aromatic N) is 1. The third-order valence-electron chi connectivity index (χ3n) is 5.61. The number of benzene rings is 1. The van der Waals surface area contributed by atoms with E-state index in [0.717, 1.165) is 5.56 Å². The number of carbonyl (C=O) groups is 3. The summed E-state index contributed by atoms with van der Waals surface area (Å²) in [6.45, 7) is 6.87. The normalized spacial score (nSPS) is 25.5. The van der Waals surface area contributed by atoms with E-state index in [1.807, 2.05) is 45.0 Å². The number of amides is 2. The van der Waals surface area contributed by atoms with Crippen LogP contribution < -0.4 is 10.1 Å². The van der Waals surface area contributed by atoms with Gasteiger partial charge >= 0.3 is 5.97 Å². The highest BCUT2D eigenvalue weighted by molar-refractivity contribution is 5.92. The molecule has 3 atom stereocenters. The smallest absolute Gasteiger partial charge is 0.328 e. The summed E-state index contributed by atoms with van der Waals surface area (Å²) in [5.74, 6) is -0.347. The minimum atomic E-state index is -0.793. The summed E-state index contributed by atoms with van der Waals surface area (Å²) in [6.07, 6.45) is 0.886. The first kappa shape index (κ1) is 23.1. The molecule has 8 heteroatoms. The fourth-order valence-electron chi connectivity index (χ4n) is 3.98. The molecular formula is C23H32N2O6. The number of esters is 1. The summed E-state index contributed by atoms with van der Waals surface area (Å²) in [7, 11) is 1.31. The predicted octanol–water partition coefficient (Wildman–Crippen LogP) is 1.70. The zero-order chi connectivity index (χ0) is 22.6. The van der Waals surface area contributed by atoms with Gasteiger partial charge in [-0.15, -0.1) is 0 Å². The number of nitrogens with one attached hydrogen (secondary N) is 1. The molecule has 1 aromatic rings. The van der Waals surface area contributed by atoms with E-state index in [9.17, 15) is 14.4 Å². The van der Waals surface area contributed by atoms with Gasteiger partial charge in [-0.3, -0.25) is 9.59 Å². The minimum Gasteiger partial charge on any atom is -0.493 e. The Morgan fingerprint density at radius 1 is 1.23 bits per heavy atom. The van der Waals surface area contributed by atoms with E-state index in [0.29, 0.717) is 31.8 Å². The molecule has 2 aliphatic rings. The van der Waals surface area contributed by atoms with Crippen LogP contribution in [0.25, 0.3) is 0 Å². The third kappa shape index (κ3) is 5.76. The Hall–Kier alpha value is -2.61. The van der Waals surface area contributed by atoms with E-state index < -0.39 is 23.5 Å². The number of hydrogen-bond acceptors (Lipinski definition) is 6. The van der Waals surface area contributed by atoms with Gasteiger partial charge in [0.1, 0.15) is 17.8 Å². The van der Waals surface area contributed by atoms with E-state index >= 15 is 0 Å². The Kier molecular flexibility index (Phi) is 7.20. The number of ether oxygens (including phenoxy) is 3. The average Bonchev–Trinajstić information content (AvgIpc) is 3.14. The van der Waals surface area contributed by atoms with Crippen molar-refractivity contribution in [3.8, 4) is 5.75 Å². The van der Waals surface area contributed by atoms with E-state index in [4.69, 9.17) is 14.2 Å². The predicted molar refractivity (Wildman–Crippen MR) is 114 cm³/mol. The standard InChI is InChI=1S/C23H32N2O6/c1-23(2,3)20-21(27)25-14-17(13-18(25)22(28)29-4)31-10-6-9-30-16-8-5-7-15(11-16)12-19(26)24-20/h5,7-8,11,17-18,20H,6,9-10,12-14H2,1-4H3,(H,24,26)/t17-,18+,20-/m1/s1. The van der Waals surface area contributed by atoms with E-state index in [-0.39, 0.29) is 30.9 Å². The molecule has 0 unspecified atom stereocenters.